The van der Waals surface area contributed by atoms with E-state index in [-0.39, 0.29) is 11.3 Å². The fraction of sp³-hybridized carbons (Fsp3) is 0.300. The summed E-state index contributed by atoms with van der Waals surface area (Å²) < 4.78 is 26.3. The van der Waals surface area contributed by atoms with Gasteiger partial charge in [-0.1, -0.05) is 37.6 Å². The first-order valence-corrected chi connectivity index (χ1v) is 11.3. The van der Waals surface area contributed by atoms with Crippen LogP contribution in [-0.4, -0.2) is 29.0 Å². The van der Waals surface area contributed by atoms with Crippen LogP contribution in [0.4, 0.5) is 0 Å². The summed E-state index contributed by atoms with van der Waals surface area (Å²) in [5.41, 5.74) is 2.94. The number of hydrogen-bond donors (Lipinski definition) is 0. The predicted octanol–water partition coefficient (Wildman–Crippen LogP) is 3.56. The minimum absolute atomic E-state index is 0.0469. The van der Waals surface area contributed by atoms with E-state index in [1.165, 1.54) is 12.3 Å². The smallest absolute Gasteiger partial charge is 0.250 e. The van der Waals surface area contributed by atoms with Crippen molar-refractivity contribution in [2.75, 3.05) is 6.26 Å². The molecule has 0 bridgehead atoms. The number of sulfone groups is 1. The van der Waals surface area contributed by atoms with Crippen LogP contribution < -0.4 is 5.56 Å². The predicted molar refractivity (Wildman–Crippen MR) is 112 cm³/mol. The van der Waals surface area contributed by atoms with Crippen LogP contribution in [0.1, 0.15) is 19.4 Å². The van der Waals surface area contributed by atoms with E-state index < -0.39 is 9.84 Å². The number of halogens is 1. The molecule has 0 aliphatic carbocycles. The molecule has 0 aliphatic rings. The van der Waals surface area contributed by atoms with Gasteiger partial charge in [-0.15, -0.1) is 0 Å². The van der Waals surface area contributed by atoms with Crippen molar-refractivity contribution >= 4 is 21.4 Å². The molecule has 0 unspecified atom stereocenters. The Morgan fingerprint density at radius 1 is 1.14 bits per heavy atom. The maximum atomic E-state index is 12.0. The highest BCUT2D eigenvalue weighted by Gasteiger charge is 2.11. The summed E-state index contributed by atoms with van der Waals surface area (Å²) in [6, 6.07) is 8.48. The third kappa shape index (κ3) is 4.91. The Bertz CT molecular complexity index is 1160. The largest absolute Gasteiger partial charge is 0.313 e. The Labute approximate surface area is 169 Å². The first-order chi connectivity index (χ1) is 13.1. The first-order valence-electron chi connectivity index (χ1n) is 8.84. The van der Waals surface area contributed by atoms with Gasteiger partial charge in [0.1, 0.15) is 0 Å². The lowest BCUT2D eigenvalue weighted by Gasteiger charge is -2.10. The second-order valence-corrected chi connectivity index (χ2v) is 9.88. The number of aromatic nitrogens is 3. The molecule has 0 atom stereocenters. The number of hydrogen-bond acceptors (Lipinski definition) is 4. The molecular formula is C20H22ClN3O3S. The topological polar surface area (TPSA) is 74.0 Å². The molecule has 3 aromatic rings. The highest BCUT2D eigenvalue weighted by Crippen LogP contribution is 2.29. The number of rotatable bonds is 6. The van der Waals surface area contributed by atoms with E-state index in [1.807, 2.05) is 6.20 Å². The van der Waals surface area contributed by atoms with Crippen LogP contribution in [0, 0.1) is 5.92 Å². The highest BCUT2D eigenvalue weighted by molar-refractivity contribution is 7.89. The van der Waals surface area contributed by atoms with Crippen LogP contribution in [0.3, 0.4) is 0 Å². The van der Waals surface area contributed by atoms with Crippen molar-refractivity contribution in [3.05, 3.63) is 69.9 Å². The summed E-state index contributed by atoms with van der Waals surface area (Å²) in [7, 11) is -3.12. The van der Waals surface area contributed by atoms with E-state index in [2.05, 4.69) is 18.9 Å². The third-order valence-corrected chi connectivity index (χ3v) is 5.32. The fourth-order valence-corrected chi connectivity index (χ4v) is 4.08. The molecule has 0 radical (unpaired) electrons. The molecule has 0 saturated heterocycles. The molecule has 2 aromatic heterocycles. The second-order valence-electron chi connectivity index (χ2n) is 7.33. The standard InChI is InChI=1S/C20H22ClN3O3S/c1-14(2)10-23-12-17(5-7-20(23)25)24-11-16(9-22-24)18-6-4-15(8-19(18)21)13-28(3,26)27/h4-9,11-12,14H,10,13H2,1-3H3. The van der Waals surface area contributed by atoms with Gasteiger partial charge in [0.2, 0.25) is 0 Å². The van der Waals surface area contributed by atoms with Gasteiger partial charge in [0, 0.05) is 47.4 Å². The molecule has 0 aliphatic heterocycles. The summed E-state index contributed by atoms with van der Waals surface area (Å²) in [6.07, 6.45) is 6.50. The summed E-state index contributed by atoms with van der Waals surface area (Å²) >= 11 is 6.37. The average molecular weight is 420 g/mol. The van der Waals surface area contributed by atoms with Crippen LogP contribution in [0.15, 0.2) is 53.7 Å². The maximum absolute atomic E-state index is 12.0. The Morgan fingerprint density at radius 3 is 2.54 bits per heavy atom. The molecule has 28 heavy (non-hydrogen) atoms. The van der Waals surface area contributed by atoms with Gasteiger partial charge in [0.25, 0.3) is 5.56 Å². The molecule has 0 N–H and O–H groups in total. The lowest BCUT2D eigenvalue weighted by Crippen LogP contribution is -2.21. The first kappa shape index (κ1) is 20.4. The van der Waals surface area contributed by atoms with Crippen molar-refractivity contribution in [1.82, 2.24) is 14.3 Å². The van der Waals surface area contributed by atoms with Gasteiger partial charge in [-0.05, 0) is 23.6 Å². The van der Waals surface area contributed by atoms with Gasteiger partial charge < -0.3 is 4.57 Å². The van der Waals surface area contributed by atoms with E-state index in [4.69, 9.17) is 11.6 Å². The molecule has 148 valence electrons. The Kier molecular flexibility index (Phi) is 5.76. The zero-order valence-electron chi connectivity index (χ0n) is 16.0. The fourth-order valence-electron chi connectivity index (χ4n) is 2.98. The van der Waals surface area contributed by atoms with Crippen molar-refractivity contribution in [1.29, 1.82) is 0 Å². The lowest BCUT2D eigenvalue weighted by molar-refractivity contribution is 0.509. The van der Waals surface area contributed by atoms with Gasteiger partial charge in [-0.25, -0.2) is 13.1 Å². The van der Waals surface area contributed by atoms with E-state index >= 15 is 0 Å². The van der Waals surface area contributed by atoms with Crippen molar-refractivity contribution in [2.45, 2.75) is 26.1 Å². The Balaban J connectivity index is 1.92. The number of nitrogens with zero attached hydrogens (tertiary/aromatic N) is 3. The molecule has 8 heteroatoms. The van der Waals surface area contributed by atoms with Crippen LogP contribution in [0.2, 0.25) is 5.02 Å². The third-order valence-electron chi connectivity index (χ3n) is 4.15. The van der Waals surface area contributed by atoms with Crippen LogP contribution >= 0.6 is 11.6 Å². The quantitative estimate of drug-likeness (QED) is 0.612. The highest BCUT2D eigenvalue weighted by atomic mass is 35.5. The van der Waals surface area contributed by atoms with Gasteiger partial charge >= 0.3 is 0 Å². The summed E-state index contributed by atoms with van der Waals surface area (Å²) in [4.78, 5) is 12.0. The summed E-state index contributed by atoms with van der Waals surface area (Å²) in [5.74, 6) is 0.300. The molecule has 0 amide bonds. The summed E-state index contributed by atoms with van der Waals surface area (Å²) in [5, 5.41) is 4.85. The molecule has 1 aromatic carbocycles. The zero-order chi connectivity index (χ0) is 20.5. The molecule has 2 heterocycles. The minimum atomic E-state index is -3.12. The summed E-state index contributed by atoms with van der Waals surface area (Å²) in [6.45, 7) is 4.75. The molecule has 0 saturated carbocycles. The van der Waals surface area contributed by atoms with Gasteiger partial charge in [-0.2, -0.15) is 5.10 Å². The number of benzene rings is 1. The zero-order valence-corrected chi connectivity index (χ0v) is 17.5. The van der Waals surface area contributed by atoms with Crippen molar-refractivity contribution < 1.29 is 8.42 Å². The normalized spacial score (nSPS) is 11.9. The van der Waals surface area contributed by atoms with E-state index in [0.29, 0.717) is 23.0 Å². The van der Waals surface area contributed by atoms with E-state index in [0.717, 1.165) is 16.8 Å². The molecule has 6 nitrogen and oxygen atoms in total. The lowest BCUT2D eigenvalue weighted by atomic mass is 10.1. The van der Waals surface area contributed by atoms with Crippen LogP contribution in [-0.2, 0) is 22.1 Å². The minimum Gasteiger partial charge on any atom is -0.313 e. The van der Waals surface area contributed by atoms with Crippen LogP contribution in [0.25, 0.3) is 16.8 Å². The monoisotopic (exact) mass is 419 g/mol. The van der Waals surface area contributed by atoms with E-state index in [1.54, 1.807) is 45.9 Å². The molecular weight excluding hydrogens is 398 g/mol. The number of pyridine rings is 1. The Hall–Kier alpha value is -2.38. The van der Waals surface area contributed by atoms with Crippen molar-refractivity contribution in [3.63, 3.8) is 0 Å². The average Bonchev–Trinajstić information content (AvgIpc) is 3.05. The van der Waals surface area contributed by atoms with Gasteiger partial charge in [-0.3, -0.25) is 4.79 Å². The van der Waals surface area contributed by atoms with Gasteiger partial charge in [0.15, 0.2) is 9.84 Å². The van der Waals surface area contributed by atoms with Crippen molar-refractivity contribution in [2.24, 2.45) is 5.92 Å². The van der Waals surface area contributed by atoms with Gasteiger partial charge in [0.05, 0.1) is 17.6 Å². The van der Waals surface area contributed by atoms with E-state index in [9.17, 15) is 13.2 Å². The maximum Gasteiger partial charge on any atom is 0.250 e. The SMILES string of the molecule is CC(C)Cn1cc(-n2cc(-c3ccc(CS(C)(=O)=O)cc3Cl)cn2)ccc1=O. The molecule has 0 fully saturated rings. The molecule has 0 spiro atoms. The Morgan fingerprint density at radius 2 is 1.89 bits per heavy atom. The van der Waals surface area contributed by atoms with Crippen molar-refractivity contribution in [3.8, 4) is 16.8 Å². The molecule has 3 rings (SSSR count). The second kappa shape index (κ2) is 7.93. The van der Waals surface area contributed by atoms with Crippen LogP contribution in [0.5, 0.6) is 0 Å².